The third-order valence-electron chi connectivity index (χ3n) is 4.32. The molecule has 0 unspecified atom stereocenters. The minimum Gasteiger partial charge on any atom is -0.377 e. The summed E-state index contributed by atoms with van der Waals surface area (Å²) in [6.07, 6.45) is -2.67. The number of H-pyrrole nitrogens is 1. The zero-order chi connectivity index (χ0) is 18.3. The number of benzene rings is 1. The molecule has 6 nitrogen and oxygen atoms in total. The number of ether oxygens (including phenoxy) is 1. The molecule has 3 aromatic rings. The summed E-state index contributed by atoms with van der Waals surface area (Å²) in [4.78, 5) is 17.6. The van der Waals surface area contributed by atoms with Crippen LogP contribution in [0.4, 0.5) is 14.7 Å². The Hall–Kier alpha value is -2.32. The third-order valence-corrected chi connectivity index (χ3v) is 4.51. The number of nitrogens with one attached hydrogen (secondary N) is 1. The lowest BCUT2D eigenvalue weighted by molar-refractivity contribution is 0.0981. The molecule has 0 amide bonds. The lowest BCUT2D eigenvalue weighted by atomic mass is 10.1. The maximum Gasteiger partial charge on any atom is 0.295 e. The van der Waals surface area contributed by atoms with E-state index in [1.165, 1.54) is 0 Å². The van der Waals surface area contributed by atoms with E-state index >= 15 is 0 Å². The molecule has 1 fully saturated rings. The molecule has 0 saturated carbocycles. The summed E-state index contributed by atoms with van der Waals surface area (Å²) >= 11 is 6.22. The Labute approximate surface area is 153 Å². The number of anilines is 1. The molecular weight excluding hydrogens is 364 g/mol. The van der Waals surface area contributed by atoms with Gasteiger partial charge in [-0.2, -0.15) is 0 Å². The molecule has 0 bridgehead atoms. The molecule has 0 spiro atoms. The summed E-state index contributed by atoms with van der Waals surface area (Å²) in [5.41, 5.74) is 2.11. The highest BCUT2D eigenvalue weighted by Crippen LogP contribution is 2.31. The average Bonchev–Trinajstić information content (AvgIpc) is 3.06. The predicted molar refractivity (Wildman–Crippen MR) is 94.7 cm³/mol. The van der Waals surface area contributed by atoms with Gasteiger partial charge in [0.1, 0.15) is 5.15 Å². The fraction of sp³-hybridized carbons (Fsp3) is 0.353. The number of alkyl halides is 2. The van der Waals surface area contributed by atoms with E-state index in [9.17, 15) is 8.78 Å². The first kappa shape index (κ1) is 17.1. The highest BCUT2D eigenvalue weighted by Gasteiger charge is 2.23. The Morgan fingerprint density at radius 3 is 2.92 bits per heavy atom. The smallest absolute Gasteiger partial charge is 0.295 e. The Morgan fingerprint density at radius 1 is 1.31 bits per heavy atom. The van der Waals surface area contributed by atoms with Crippen LogP contribution in [-0.4, -0.2) is 45.7 Å². The van der Waals surface area contributed by atoms with Gasteiger partial charge in [0, 0.05) is 18.2 Å². The second-order valence-corrected chi connectivity index (χ2v) is 6.50. The van der Waals surface area contributed by atoms with Gasteiger partial charge in [-0.05, 0) is 13.0 Å². The number of aromatic amines is 1. The average molecular weight is 380 g/mol. The van der Waals surface area contributed by atoms with Gasteiger partial charge in [-0.1, -0.05) is 23.7 Å². The number of imidazole rings is 1. The van der Waals surface area contributed by atoms with Crippen molar-refractivity contribution in [1.29, 1.82) is 0 Å². The van der Waals surface area contributed by atoms with Gasteiger partial charge in [-0.15, -0.1) is 0 Å². The van der Waals surface area contributed by atoms with E-state index in [0.717, 1.165) is 0 Å². The van der Waals surface area contributed by atoms with Crippen molar-refractivity contribution in [3.8, 4) is 11.3 Å². The summed E-state index contributed by atoms with van der Waals surface area (Å²) in [6, 6.07) is 6.97. The molecule has 1 saturated heterocycles. The topological polar surface area (TPSA) is 66.9 Å². The van der Waals surface area contributed by atoms with Crippen molar-refractivity contribution in [1.82, 2.24) is 19.9 Å². The molecular formula is C17H16ClF2N5O. The maximum atomic E-state index is 13.0. The molecule has 136 valence electrons. The molecule has 3 heterocycles. The van der Waals surface area contributed by atoms with E-state index in [1.807, 2.05) is 11.8 Å². The van der Waals surface area contributed by atoms with E-state index in [2.05, 4.69) is 19.9 Å². The Balaban J connectivity index is 1.82. The van der Waals surface area contributed by atoms with Gasteiger partial charge < -0.3 is 14.6 Å². The van der Waals surface area contributed by atoms with Gasteiger partial charge in [-0.3, -0.25) is 0 Å². The van der Waals surface area contributed by atoms with Crippen LogP contribution >= 0.6 is 11.6 Å². The lowest BCUT2D eigenvalue weighted by Crippen LogP contribution is -2.44. The fourth-order valence-electron chi connectivity index (χ4n) is 3.06. The molecule has 1 aromatic carbocycles. The second-order valence-electron chi connectivity index (χ2n) is 6.12. The molecule has 1 aliphatic heterocycles. The molecule has 1 atom stereocenters. The van der Waals surface area contributed by atoms with Crippen LogP contribution < -0.4 is 4.90 Å². The van der Waals surface area contributed by atoms with Crippen molar-refractivity contribution in [2.24, 2.45) is 0 Å². The number of fused-ring (bicyclic) bond motifs is 1. The van der Waals surface area contributed by atoms with E-state index in [0.29, 0.717) is 48.0 Å². The van der Waals surface area contributed by atoms with E-state index < -0.39 is 6.43 Å². The fourth-order valence-corrected chi connectivity index (χ4v) is 3.24. The zero-order valence-corrected chi connectivity index (χ0v) is 14.7. The maximum absolute atomic E-state index is 13.0. The third kappa shape index (κ3) is 3.10. The minimum absolute atomic E-state index is 0.113. The van der Waals surface area contributed by atoms with Crippen LogP contribution in [0.2, 0.25) is 5.15 Å². The van der Waals surface area contributed by atoms with Crippen LogP contribution in [0.25, 0.3) is 22.3 Å². The summed E-state index contributed by atoms with van der Waals surface area (Å²) in [7, 11) is 0. The predicted octanol–water partition coefficient (Wildman–Crippen LogP) is 3.84. The van der Waals surface area contributed by atoms with Crippen molar-refractivity contribution < 1.29 is 13.5 Å². The van der Waals surface area contributed by atoms with Crippen LogP contribution in [0, 0.1) is 0 Å². The van der Waals surface area contributed by atoms with Crippen molar-refractivity contribution in [2.45, 2.75) is 19.4 Å². The normalized spacial score (nSPS) is 18.0. The molecule has 1 N–H and O–H groups in total. The second kappa shape index (κ2) is 6.77. The van der Waals surface area contributed by atoms with Crippen molar-refractivity contribution in [2.75, 3.05) is 24.7 Å². The van der Waals surface area contributed by atoms with Gasteiger partial charge >= 0.3 is 0 Å². The van der Waals surface area contributed by atoms with E-state index in [1.54, 1.807) is 24.3 Å². The highest BCUT2D eigenvalue weighted by atomic mass is 35.5. The molecule has 26 heavy (non-hydrogen) atoms. The molecule has 0 aliphatic carbocycles. The van der Waals surface area contributed by atoms with Gasteiger partial charge in [-0.25, -0.2) is 23.7 Å². The largest absolute Gasteiger partial charge is 0.377 e. The first-order chi connectivity index (χ1) is 12.5. The summed E-state index contributed by atoms with van der Waals surface area (Å²) in [5, 5.41) is 0.283. The molecule has 9 heteroatoms. The molecule has 0 radical (unpaired) electrons. The van der Waals surface area contributed by atoms with E-state index in [-0.39, 0.29) is 17.0 Å². The first-order valence-corrected chi connectivity index (χ1v) is 8.57. The quantitative estimate of drug-likeness (QED) is 0.700. The van der Waals surface area contributed by atoms with Gasteiger partial charge in [0.05, 0.1) is 36.0 Å². The van der Waals surface area contributed by atoms with Crippen molar-refractivity contribution in [3.63, 3.8) is 0 Å². The lowest BCUT2D eigenvalue weighted by Gasteiger charge is -2.33. The van der Waals surface area contributed by atoms with Gasteiger partial charge in [0.2, 0.25) is 5.95 Å². The van der Waals surface area contributed by atoms with E-state index in [4.69, 9.17) is 16.3 Å². The van der Waals surface area contributed by atoms with Crippen LogP contribution in [0.5, 0.6) is 0 Å². The Bertz CT molecular complexity index is 948. The van der Waals surface area contributed by atoms with Crippen LogP contribution in [0.15, 0.2) is 24.3 Å². The number of para-hydroxylation sites is 1. The number of aromatic nitrogens is 4. The van der Waals surface area contributed by atoms with Crippen LogP contribution in [-0.2, 0) is 4.74 Å². The number of hydrogen-bond acceptors (Lipinski definition) is 5. The Morgan fingerprint density at radius 2 is 2.15 bits per heavy atom. The molecule has 2 aromatic heterocycles. The van der Waals surface area contributed by atoms with Crippen molar-refractivity contribution >= 4 is 28.6 Å². The Kier molecular flexibility index (Phi) is 4.46. The van der Waals surface area contributed by atoms with Crippen LogP contribution in [0.3, 0.4) is 0 Å². The SMILES string of the molecule is C[C@H]1COCCN1c1nc(Cl)cc(-c2cccc3[nH]c(C(F)F)nc23)n1. The number of morpholine rings is 1. The number of halogens is 3. The highest BCUT2D eigenvalue weighted by molar-refractivity contribution is 6.29. The van der Waals surface area contributed by atoms with Crippen LogP contribution in [0.1, 0.15) is 19.2 Å². The monoisotopic (exact) mass is 379 g/mol. The first-order valence-electron chi connectivity index (χ1n) is 8.19. The zero-order valence-electron chi connectivity index (χ0n) is 13.9. The standard InChI is InChI=1S/C17H16ClF2N5O/c1-9-8-26-6-5-25(9)17-22-12(7-13(18)23-17)10-3-2-4-11-14(10)24-16(21-11)15(19)20/h2-4,7,9,15H,5-6,8H2,1H3,(H,21,24)/t9-/m0/s1. The summed E-state index contributed by atoms with van der Waals surface area (Å²) in [5.74, 6) is 0.125. The molecule has 1 aliphatic rings. The number of rotatable bonds is 3. The van der Waals surface area contributed by atoms with Gasteiger partial charge in [0.15, 0.2) is 5.82 Å². The summed E-state index contributed by atoms with van der Waals surface area (Å²) in [6.45, 7) is 3.84. The van der Waals surface area contributed by atoms with Gasteiger partial charge in [0.25, 0.3) is 6.43 Å². The number of nitrogens with zero attached hydrogens (tertiary/aromatic N) is 4. The molecule has 4 rings (SSSR count). The minimum atomic E-state index is -2.67. The number of hydrogen-bond donors (Lipinski definition) is 1. The van der Waals surface area contributed by atoms with Crippen molar-refractivity contribution in [3.05, 3.63) is 35.2 Å². The summed E-state index contributed by atoms with van der Waals surface area (Å²) < 4.78 is 31.4.